The van der Waals surface area contributed by atoms with E-state index >= 15 is 0 Å². The van der Waals surface area contributed by atoms with Gasteiger partial charge in [-0.25, -0.2) is 0 Å². The molecule has 3 rings (SSSR count). The number of ether oxygens (including phenoxy) is 1. The summed E-state index contributed by atoms with van der Waals surface area (Å²) in [6.07, 6.45) is 3.81. The average Bonchev–Trinajstić information content (AvgIpc) is 2.99. The Hall–Kier alpha value is -1.49. The van der Waals surface area contributed by atoms with Crippen LogP contribution in [0.25, 0.3) is 0 Å². The van der Waals surface area contributed by atoms with E-state index in [0.29, 0.717) is 30.3 Å². The minimum absolute atomic E-state index is 0.508. The Bertz CT molecular complexity index is 451. The number of hydrogen-bond donors (Lipinski definition) is 2. The van der Waals surface area contributed by atoms with E-state index < -0.39 is 0 Å². The van der Waals surface area contributed by atoms with Gasteiger partial charge in [-0.3, -0.25) is 4.90 Å². The summed E-state index contributed by atoms with van der Waals surface area (Å²) in [5, 5.41) is 3.55. The molecule has 0 bridgehead atoms. The fourth-order valence-corrected chi connectivity index (χ4v) is 3.22. The molecule has 3 heterocycles. The normalized spacial score (nSPS) is 26.4. The number of pyridine rings is 1. The molecule has 0 aromatic carbocycles. The van der Waals surface area contributed by atoms with Crippen LogP contribution in [0.3, 0.4) is 0 Å². The highest BCUT2D eigenvalue weighted by Gasteiger charge is 2.37. The van der Waals surface area contributed by atoms with Crippen molar-refractivity contribution in [1.29, 1.82) is 0 Å². The number of anilines is 2. The number of fused-ring (bicyclic) bond motifs is 1. The number of nitrogen functional groups attached to an aromatic ring is 1. The Kier molecular flexibility index (Phi) is 3.46. The van der Waals surface area contributed by atoms with E-state index in [0.717, 1.165) is 5.82 Å². The molecule has 2 aliphatic rings. The first-order valence-corrected chi connectivity index (χ1v) is 7.18. The second-order valence-corrected chi connectivity index (χ2v) is 5.31. The summed E-state index contributed by atoms with van der Waals surface area (Å²) < 4.78 is 5.44. The maximum atomic E-state index is 5.85. The highest BCUT2D eigenvalue weighted by Crippen LogP contribution is 2.30. The van der Waals surface area contributed by atoms with E-state index in [1.54, 1.807) is 0 Å². The van der Waals surface area contributed by atoms with Crippen LogP contribution in [0.1, 0.15) is 26.2 Å². The van der Waals surface area contributed by atoms with E-state index in [1.807, 2.05) is 19.1 Å². The lowest BCUT2D eigenvalue weighted by Gasteiger charge is -2.22. The highest BCUT2D eigenvalue weighted by atomic mass is 16.5. The van der Waals surface area contributed by atoms with Gasteiger partial charge in [0.2, 0.25) is 5.88 Å². The van der Waals surface area contributed by atoms with Gasteiger partial charge in [-0.2, -0.15) is 4.98 Å². The van der Waals surface area contributed by atoms with Crippen LogP contribution < -0.4 is 15.8 Å². The van der Waals surface area contributed by atoms with Crippen LogP contribution in [-0.2, 0) is 0 Å². The molecule has 19 heavy (non-hydrogen) atoms. The first-order chi connectivity index (χ1) is 9.28. The Labute approximate surface area is 114 Å². The zero-order valence-corrected chi connectivity index (χ0v) is 11.4. The molecular weight excluding hydrogens is 240 g/mol. The third-order valence-corrected chi connectivity index (χ3v) is 4.11. The Morgan fingerprint density at radius 3 is 3.16 bits per heavy atom. The van der Waals surface area contributed by atoms with Crippen molar-refractivity contribution in [2.24, 2.45) is 0 Å². The van der Waals surface area contributed by atoms with Crippen LogP contribution in [0.4, 0.5) is 11.5 Å². The number of nitrogens with one attached hydrogen (secondary N) is 1. The molecule has 3 N–H and O–H groups in total. The predicted molar refractivity (Wildman–Crippen MR) is 76.4 cm³/mol. The molecule has 2 atom stereocenters. The van der Waals surface area contributed by atoms with Gasteiger partial charge in [0.1, 0.15) is 5.82 Å². The standard InChI is InChI=1S/C14H22N4O/c1-2-19-14-10(15)5-6-13(17-14)16-11-7-9-18-8-3-4-12(11)18/h5-6,11-12H,2-4,7-9,15H2,1H3,(H,16,17). The van der Waals surface area contributed by atoms with Gasteiger partial charge in [-0.1, -0.05) is 0 Å². The summed E-state index contributed by atoms with van der Waals surface area (Å²) in [6.45, 7) is 4.98. The maximum absolute atomic E-state index is 5.85. The third kappa shape index (κ3) is 2.47. The fourth-order valence-electron chi connectivity index (χ4n) is 3.22. The molecule has 104 valence electrons. The minimum Gasteiger partial charge on any atom is -0.476 e. The molecule has 2 aliphatic heterocycles. The number of nitrogens with zero attached hydrogens (tertiary/aromatic N) is 2. The van der Waals surface area contributed by atoms with Crippen LogP contribution in [0.15, 0.2) is 12.1 Å². The van der Waals surface area contributed by atoms with Gasteiger partial charge in [0.05, 0.1) is 12.3 Å². The Morgan fingerprint density at radius 1 is 1.42 bits per heavy atom. The lowest BCUT2D eigenvalue weighted by Crippen LogP contribution is -2.34. The van der Waals surface area contributed by atoms with Crippen LogP contribution >= 0.6 is 0 Å². The summed E-state index contributed by atoms with van der Waals surface area (Å²) in [5.74, 6) is 1.41. The smallest absolute Gasteiger partial charge is 0.239 e. The van der Waals surface area contributed by atoms with Gasteiger partial charge < -0.3 is 15.8 Å². The zero-order chi connectivity index (χ0) is 13.2. The van der Waals surface area contributed by atoms with E-state index in [2.05, 4.69) is 15.2 Å². The molecule has 0 aliphatic carbocycles. The molecule has 5 nitrogen and oxygen atoms in total. The van der Waals surface area contributed by atoms with Crippen molar-refractivity contribution in [3.63, 3.8) is 0 Å². The zero-order valence-electron chi connectivity index (χ0n) is 11.4. The molecule has 5 heteroatoms. The van der Waals surface area contributed by atoms with Gasteiger partial charge in [0.15, 0.2) is 0 Å². The lowest BCUT2D eigenvalue weighted by molar-refractivity contribution is 0.317. The summed E-state index contributed by atoms with van der Waals surface area (Å²) >= 11 is 0. The SMILES string of the molecule is CCOc1nc(NC2CCN3CCCC23)ccc1N. The molecule has 0 spiro atoms. The minimum atomic E-state index is 0.508. The second-order valence-electron chi connectivity index (χ2n) is 5.31. The van der Waals surface area contributed by atoms with Gasteiger partial charge in [-0.05, 0) is 44.9 Å². The lowest BCUT2D eigenvalue weighted by atomic mass is 10.1. The highest BCUT2D eigenvalue weighted by molar-refractivity contribution is 5.54. The Balaban J connectivity index is 1.71. The number of rotatable bonds is 4. The predicted octanol–water partition coefficient (Wildman–Crippen LogP) is 1.71. The van der Waals surface area contributed by atoms with Gasteiger partial charge in [0.25, 0.3) is 0 Å². The summed E-state index contributed by atoms with van der Waals surface area (Å²) in [4.78, 5) is 7.04. The largest absolute Gasteiger partial charge is 0.476 e. The van der Waals surface area contributed by atoms with Crippen molar-refractivity contribution >= 4 is 11.5 Å². The van der Waals surface area contributed by atoms with Crippen LogP contribution in [0, 0.1) is 0 Å². The summed E-state index contributed by atoms with van der Waals surface area (Å²) in [7, 11) is 0. The second kappa shape index (κ2) is 5.25. The maximum Gasteiger partial charge on any atom is 0.239 e. The van der Waals surface area contributed by atoms with Gasteiger partial charge in [-0.15, -0.1) is 0 Å². The monoisotopic (exact) mass is 262 g/mol. The van der Waals surface area contributed by atoms with E-state index in [-0.39, 0.29) is 0 Å². The molecule has 0 radical (unpaired) electrons. The number of aromatic nitrogens is 1. The third-order valence-electron chi connectivity index (χ3n) is 4.11. The van der Waals surface area contributed by atoms with Gasteiger partial charge >= 0.3 is 0 Å². The van der Waals surface area contributed by atoms with E-state index in [9.17, 15) is 0 Å². The van der Waals surface area contributed by atoms with Crippen LogP contribution in [0.5, 0.6) is 5.88 Å². The molecular formula is C14H22N4O. The van der Waals surface area contributed by atoms with E-state index in [1.165, 1.54) is 32.4 Å². The first kappa shape index (κ1) is 12.5. The molecule has 0 saturated carbocycles. The van der Waals surface area contributed by atoms with Crippen LogP contribution in [-0.4, -0.2) is 41.7 Å². The molecule has 2 unspecified atom stereocenters. The molecule has 1 aromatic rings. The Morgan fingerprint density at radius 2 is 2.32 bits per heavy atom. The van der Waals surface area contributed by atoms with Crippen LogP contribution in [0.2, 0.25) is 0 Å². The quantitative estimate of drug-likeness (QED) is 0.865. The van der Waals surface area contributed by atoms with Crippen molar-refractivity contribution < 1.29 is 4.74 Å². The van der Waals surface area contributed by atoms with Crippen molar-refractivity contribution in [1.82, 2.24) is 9.88 Å². The van der Waals surface area contributed by atoms with Crippen molar-refractivity contribution in [2.75, 3.05) is 30.7 Å². The first-order valence-electron chi connectivity index (χ1n) is 7.18. The van der Waals surface area contributed by atoms with Crippen molar-refractivity contribution in [2.45, 2.75) is 38.3 Å². The summed E-state index contributed by atoms with van der Waals surface area (Å²) in [6, 6.07) is 4.99. The average molecular weight is 262 g/mol. The molecule has 0 amide bonds. The number of hydrogen-bond acceptors (Lipinski definition) is 5. The summed E-state index contributed by atoms with van der Waals surface area (Å²) in [5.41, 5.74) is 6.44. The van der Waals surface area contributed by atoms with E-state index in [4.69, 9.17) is 10.5 Å². The van der Waals surface area contributed by atoms with Gasteiger partial charge in [0, 0.05) is 18.6 Å². The molecule has 2 fully saturated rings. The van der Waals surface area contributed by atoms with Crippen molar-refractivity contribution in [3.8, 4) is 5.88 Å². The topological polar surface area (TPSA) is 63.4 Å². The molecule has 2 saturated heterocycles. The number of nitrogens with two attached hydrogens (primary N) is 1. The van der Waals surface area contributed by atoms with Crippen molar-refractivity contribution in [3.05, 3.63) is 12.1 Å². The molecule has 1 aromatic heterocycles. The fraction of sp³-hybridized carbons (Fsp3) is 0.643.